The molecule has 2 fully saturated rings. The van der Waals surface area contributed by atoms with E-state index in [9.17, 15) is 4.79 Å². The number of esters is 1. The largest absolute Gasteiger partial charge is 0.473 e. The predicted molar refractivity (Wildman–Crippen MR) is 134 cm³/mol. The van der Waals surface area contributed by atoms with E-state index >= 15 is 4.39 Å². The van der Waals surface area contributed by atoms with Crippen molar-refractivity contribution in [2.45, 2.75) is 37.2 Å². The molecule has 9 nitrogen and oxygen atoms in total. The highest BCUT2D eigenvalue weighted by Crippen LogP contribution is 2.49. The Bertz CT molecular complexity index is 1480. The number of rotatable bonds is 8. The van der Waals surface area contributed by atoms with Crippen LogP contribution in [-0.2, 0) is 22.0 Å². The second-order valence-electron chi connectivity index (χ2n) is 9.42. The predicted octanol–water partition coefficient (Wildman–Crippen LogP) is 4.57. The zero-order valence-corrected chi connectivity index (χ0v) is 20.4. The lowest BCUT2D eigenvalue weighted by Crippen LogP contribution is -2.21. The molecule has 4 aromatic rings. The lowest BCUT2D eigenvalue weighted by atomic mass is 9.94. The van der Waals surface area contributed by atoms with Gasteiger partial charge in [0, 0.05) is 18.8 Å². The van der Waals surface area contributed by atoms with E-state index in [0.717, 1.165) is 36.8 Å². The molecule has 0 bridgehead atoms. The number of hydrogen-bond acceptors (Lipinski definition) is 8. The quantitative estimate of drug-likeness (QED) is 0.351. The van der Waals surface area contributed by atoms with Crippen molar-refractivity contribution in [2.75, 3.05) is 12.4 Å². The minimum atomic E-state index is -0.543. The van der Waals surface area contributed by atoms with Crippen LogP contribution in [0.4, 0.5) is 16.0 Å². The fourth-order valence-electron chi connectivity index (χ4n) is 4.41. The van der Waals surface area contributed by atoms with Gasteiger partial charge in [0.05, 0.1) is 36.7 Å². The van der Waals surface area contributed by atoms with Gasteiger partial charge in [0.25, 0.3) is 0 Å². The normalized spacial score (nSPS) is 15.8. The van der Waals surface area contributed by atoms with Crippen molar-refractivity contribution < 1.29 is 18.7 Å². The first kappa shape index (κ1) is 23.1. The third kappa shape index (κ3) is 4.39. The second kappa shape index (κ2) is 8.95. The van der Waals surface area contributed by atoms with E-state index in [1.54, 1.807) is 36.5 Å². The van der Waals surface area contributed by atoms with Gasteiger partial charge in [-0.15, -0.1) is 0 Å². The van der Waals surface area contributed by atoms with Gasteiger partial charge >= 0.3 is 5.97 Å². The third-order valence-corrected chi connectivity index (χ3v) is 6.80. The number of aromatic nitrogens is 5. The Hall–Kier alpha value is -4.34. The van der Waals surface area contributed by atoms with E-state index in [2.05, 4.69) is 25.4 Å². The van der Waals surface area contributed by atoms with Gasteiger partial charge in [-0.2, -0.15) is 10.1 Å². The summed E-state index contributed by atoms with van der Waals surface area (Å²) < 4.78 is 27.6. The molecular formula is C27H25FN6O3. The van der Waals surface area contributed by atoms with E-state index in [-0.39, 0.29) is 17.8 Å². The van der Waals surface area contributed by atoms with E-state index in [1.165, 1.54) is 13.2 Å². The van der Waals surface area contributed by atoms with Crippen LogP contribution in [0, 0.1) is 5.82 Å². The number of methoxy groups -OCH3 is 1. The second-order valence-corrected chi connectivity index (χ2v) is 9.42. The monoisotopic (exact) mass is 500 g/mol. The van der Waals surface area contributed by atoms with Crippen LogP contribution in [0.5, 0.6) is 5.88 Å². The summed E-state index contributed by atoms with van der Waals surface area (Å²) in [6.07, 6.45) is 10.1. The van der Waals surface area contributed by atoms with Crippen molar-refractivity contribution in [3.8, 4) is 28.3 Å². The zero-order valence-electron chi connectivity index (χ0n) is 20.4. The molecule has 1 N–H and O–H groups in total. The van der Waals surface area contributed by atoms with Gasteiger partial charge in [-0.3, -0.25) is 19.4 Å². The van der Waals surface area contributed by atoms with Gasteiger partial charge < -0.3 is 14.8 Å². The minimum absolute atomic E-state index is 0.164. The summed E-state index contributed by atoms with van der Waals surface area (Å²) >= 11 is 0. The first-order chi connectivity index (χ1) is 18.0. The highest BCUT2D eigenvalue weighted by atomic mass is 19.1. The zero-order chi connectivity index (χ0) is 25.6. The molecule has 0 aliphatic heterocycles. The van der Waals surface area contributed by atoms with Crippen LogP contribution in [-0.4, -0.2) is 43.9 Å². The van der Waals surface area contributed by atoms with Gasteiger partial charge in [0.2, 0.25) is 5.88 Å². The summed E-state index contributed by atoms with van der Waals surface area (Å²) in [7, 11) is 3.16. The Kier molecular flexibility index (Phi) is 5.58. The number of anilines is 2. The maximum absolute atomic E-state index is 15.4. The molecule has 37 heavy (non-hydrogen) atoms. The average molecular weight is 501 g/mol. The molecule has 2 aliphatic rings. The molecule has 0 saturated heterocycles. The molecule has 0 unspecified atom stereocenters. The fourth-order valence-corrected chi connectivity index (χ4v) is 4.41. The SMILES string of the molecule is COC(=O)C1(c2ccc(-c3cnc(-c4cnn(C)c4Nc4cncc(OC5CC5)n4)c(F)c3)cc2)CC1. The van der Waals surface area contributed by atoms with Crippen LogP contribution >= 0.6 is 0 Å². The summed E-state index contributed by atoms with van der Waals surface area (Å²) in [6.45, 7) is 0. The molecule has 0 amide bonds. The van der Waals surface area contributed by atoms with Crippen LogP contribution in [0.3, 0.4) is 0 Å². The van der Waals surface area contributed by atoms with Gasteiger partial charge in [-0.1, -0.05) is 24.3 Å². The maximum Gasteiger partial charge on any atom is 0.316 e. The summed E-state index contributed by atoms with van der Waals surface area (Å²) in [5.41, 5.74) is 2.45. The standard InChI is InChI=1S/C27H25FN6O3/c1-34-25(33-22-14-29-15-23(32-22)37-19-7-8-19)20(13-31-34)24-21(28)11-17(12-30-24)16-3-5-18(6-4-16)27(9-10-27)26(35)36-2/h3-6,11-15,19H,7-10H2,1-2H3,(H,32,33). The van der Waals surface area contributed by atoms with Crippen molar-refractivity contribution in [1.82, 2.24) is 24.7 Å². The third-order valence-electron chi connectivity index (χ3n) is 6.80. The van der Waals surface area contributed by atoms with Gasteiger partial charge in [0.15, 0.2) is 5.82 Å². The average Bonchev–Trinajstić information content (AvgIpc) is 3.85. The first-order valence-corrected chi connectivity index (χ1v) is 12.1. The number of nitrogens with zero attached hydrogens (tertiary/aromatic N) is 5. The van der Waals surface area contributed by atoms with E-state index in [4.69, 9.17) is 9.47 Å². The summed E-state index contributed by atoms with van der Waals surface area (Å²) in [6, 6.07) is 9.00. The van der Waals surface area contributed by atoms with E-state index in [1.807, 2.05) is 24.3 Å². The smallest absolute Gasteiger partial charge is 0.316 e. The Labute approximate surface area is 212 Å². The molecule has 2 aliphatic carbocycles. The number of carbonyl (C=O) groups is 1. The van der Waals surface area contributed by atoms with Gasteiger partial charge in [-0.25, -0.2) is 4.39 Å². The molecule has 3 heterocycles. The van der Waals surface area contributed by atoms with Crippen molar-refractivity contribution in [3.63, 3.8) is 0 Å². The number of halogens is 1. The Morgan fingerprint density at radius 2 is 1.89 bits per heavy atom. The lowest BCUT2D eigenvalue weighted by molar-refractivity contribution is -0.143. The molecule has 6 rings (SSSR count). The lowest BCUT2D eigenvalue weighted by Gasteiger charge is -2.14. The van der Waals surface area contributed by atoms with Crippen LogP contribution in [0.15, 0.2) is 55.1 Å². The number of aryl methyl sites for hydroxylation is 1. The minimum Gasteiger partial charge on any atom is -0.473 e. The van der Waals surface area contributed by atoms with Crippen LogP contribution in [0.1, 0.15) is 31.2 Å². The molecular weight excluding hydrogens is 475 g/mol. The number of nitrogens with one attached hydrogen (secondary N) is 1. The Morgan fingerprint density at radius 3 is 2.57 bits per heavy atom. The van der Waals surface area contributed by atoms with Crippen LogP contribution < -0.4 is 10.1 Å². The van der Waals surface area contributed by atoms with Gasteiger partial charge in [0.1, 0.15) is 23.4 Å². The molecule has 0 spiro atoms. The number of pyridine rings is 1. The molecule has 10 heteroatoms. The molecule has 1 aromatic carbocycles. The van der Waals surface area contributed by atoms with Gasteiger partial charge in [-0.05, 0) is 42.9 Å². The van der Waals surface area contributed by atoms with E-state index in [0.29, 0.717) is 28.6 Å². The van der Waals surface area contributed by atoms with Crippen LogP contribution in [0.25, 0.3) is 22.4 Å². The topological polar surface area (TPSA) is 104 Å². The Balaban J connectivity index is 1.25. The summed E-state index contributed by atoms with van der Waals surface area (Å²) in [5, 5.41) is 7.45. The molecule has 188 valence electrons. The van der Waals surface area contributed by atoms with E-state index < -0.39 is 11.2 Å². The molecule has 2 saturated carbocycles. The summed E-state index contributed by atoms with van der Waals surface area (Å²) in [4.78, 5) is 25.2. The van der Waals surface area contributed by atoms with Crippen molar-refractivity contribution in [3.05, 3.63) is 66.5 Å². The molecule has 3 aromatic heterocycles. The maximum atomic E-state index is 15.4. The first-order valence-electron chi connectivity index (χ1n) is 12.1. The highest BCUT2D eigenvalue weighted by Gasteiger charge is 2.52. The Morgan fingerprint density at radius 1 is 1.11 bits per heavy atom. The molecule has 0 atom stereocenters. The number of benzene rings is 1. The van der Waals surface area contributed by atoms with Crippen molar-refractivity contribution in [2.24, 2.45) is 7.05 Å². The number of carbonyl (C=O) groups excluding carboxylic acids is 1. The number of hydrogen-bond donors (Lipinski definition) is 1. The fraction of sp³-hybridized carbons (Fsp3) is 0.296. The van der Waals surface area contributed by atoms with Crippen molar-refractivity contribution in [1.29, 1.82) is 0 Å². The van der Waals surface area contributed by atoms with Crippen molar-refractivity contribution >= 4 is 17.6 Å². The van der Waals surface area contributed by atoms with Crippen LogP contribution in [0.2, 0.25) is 0 Å². The number of ether oxygens (including phenoxy) is 2. The summed E-state index contributed by atoms with van der Waals surface area (Å²) in [5.74, 6) is 0.726. The highest BCUT2D eigenvalue weighted by molar-refractivity contribution is 5.87. The molecule has 0 radical (unpaired) electrons.